The van der Waals surface area contributed by atoms with Crippen molar-refractivity contribution >= 4 is 49.0 Å². The molecule has 0 aliphatic carbocycles. The van der Waals surface area contributed by atoms with Crippen molar-refractivity contribution in [3.63, 3.8) is 0 Å². The fourth-order valence-electron chi connectivity index (χ4n) is 3.97. The lowest BCUT2D eigenvalue weighted by Crippen LogP contribution is -2.33. The third-order valence-corrected chi connectivity index (χ3v) is 7.75. The summed E-state index contributed by atoms with van der Waals surface area (Å²) in [5.74, 6) is -0.309. The molecule has 0 atom stereocenters. The van der Waals surface area contributed by atoms with Crippen LogP contribution in [0.15, 0.2) is 65.1 Å². The zero-order chi connectivity index (χ0) is 25.5. The van der Waals surface area contributed by atoms with Gasteiger partial charge in [-0.1, -0.05) is 6.07 Å². The van der Waals surface area contributed by atoms with Crippen molar-refractivity contribution in [3.8, 4) is 5.75 Å². The number of carbonyl (C=O) groups is 1. The van der Waals surface area contributed by atoms with Gasteiger partial charge in [-0.15, -0.1) is 11.3 Å². The molecule has 4 aromatic rings. The van der Waals surface area contributed by atoms with Crippen molar-refractivity contribution in [2.75, 3.05) is 22.8 Å². The highest BCUT2D eigenvalue weighted by Crippen LogP contribution is 2.36. The highest BCUT2D eigenvalue weighted by molar-refractivity contribution is 7.93. The molecule has 5 rings (SSSR count). The number of fused-ring (bicyclic) bond motifs is 2. The Kier molecular flexibility index (Phi) is 6.04. The van der Waals surface area contributed by atoms with E-state index in [0.717, 1.165) is 17.4 Å². The average molecular weight is 537 g/mol. The Bertz CT molecular complexity index is 1560. The van der Waals surface area contributed by atoms with Crippen LogP contribution in [0.3, 0.4) is 0 Å². The first-order valence-corrected chi connectivity index (χ1v) is 12.9. The number of carbonyl (C=O) groups excluding carboxylic acids is 1. The maximum Gasteiger partial charge on any atom is 0.418 e. The summed E-state index contributed by atoms with van der Waals surface area (Å²) in [5, 5.41) is 2.04. The van der Waals surface area contributed by atoms with Gasteiger partial charge in [-0.25, -0.2) is 13.4 Å². The van der Waals surface area contributed by atoms with Gasteiger partial charge in [0.15, 0.2) is 11.7 Å². The topological polar surface area (TPSA) is 101 Å². The second-order valence-electron chi connectivity index (χ2n) is 7.83. The minimum Gasteiger partial charge on any atom is -0.483 e. The Balaban J connectivity index is 0.00000320. The molecule has 1 aliphatic rings. The number of hydrogen-bond donors (Lipinski definition) is 1. The van der Waals surface area contributed by atoms with E-state index in [9.17, 15) is 26.4 Å². The summed E-state index contributed by atoms with van der Waals surface area (Å²) < 4.78 is 73.3. The average Bonchev–Trinajstić information content (AvgIpc) is 3.50. The number of amides is 1. The quantitative estimate of drug-likeness (QED) is 0.383. The predicted octanol–water partition coefficient (Wildman–Crippen LogP) is 4.73. The maximum absolute atomic E-state index is 13.3. The number of nitrogens with zero attached hydrogens (tertiary/aromatic N) is 3. The Labute approximate surface area is 208 Å². The zero-order valence-corrected chi connectivity index (χ0v) is 20.0. The van der Waals surface area contributed by atoms with Gasteiger partial charge >= 0.3 is 6.18 Å². The lowest BCUT2D eigenvalue weighted by atomic mass is 10.1. The van der Waals surface area contributed by atoms with Crippen molar-refractivity contribution < 1.29 is 32.5 Å². The van der Waals surface area contributed by atoms with E-state index in [4.69, 9.17) is 4.74 Å². The first-order valence-electron chi connectivity index (χ1n) is 10.6. The van der Waals surface area contributed by atoms with Crippen LogP contribution in [0.4, 0.5) is 24.0 Å². The molecule has 0 radical (unpaired) electrons. The van der Waals surface area contributed by atoms with Gasteiger partial charge in [0.05, 0.1) is 16.0 Å². The minimum atomic E-state index is -4.58. The van der Waals surface area contributed by atoms with Gasteiger partial charge in [0.1, 0.15) is 5.75 Å². The second kappa shape index (κ2) is 9.06. The van der Waals surface area contributed by atoms with Crippen LogP contribution in [0.25, 0.3) is 10.9 Å². The molecule has 0 saturated carbocycles. The van der Waals surface area contributed by atoms with E-state index in [1.165, 1.54) is 47.6 Å². The zero-order valence-electron chi connectivity index (χ0n) is 18.3. The molecule has 13 heteroatoms. The van der Waals surface area contributed by atoms with E-state index in [1.807, 2.05) is 0 Å². The van der Waals surface area contributed by atoms with E-state index >= 15 is 0 Å². The summed E-state index contributed by atoms with van der Waals surface area (Å²) in [7, 11) is -3.84. The van der Waals surface area contributed by atoms with Crippen LogP contribution in [0.1, 0.15) is 12.6 Å². The lowest BCUT2D eigenvalue weighted by Gasteiger charge is -2.18. The molecule has 8 nitrogen and oxygen atoms in total. The van der Waals surface area contributed by atoms with Gasteiger partial charge in [-0.2, -0.15) is 13.2 Å². The Morgan fingerprint density at radius 3 is 2.75 bits per heavy atom. The normalized spacial score (nSPS) is 13.6. The van der Waals surface area contributed by atoms with E-state index < -0.39 is 34.3 Å². The van der Waals surface area contributed by atoms with Crippen LogP contribution < -0.4 is 14.4 Å². The number of halogens is 3. The van der Waals surface area contributed by atoms with Crippen LogP contribution >= 0.6 is 11.3 Å². The number of para-hydroxylation sites is 1. The standard InChI is InChI=1S/C23H17F3N4O4S2.H2/c24-23(25,26)17-3-1-2-16-19(6-8-27-21(16)17)34-13-20(31)30-10-7-14-12-15(4-5-18(14)30)36(32,33)29-22-28-9-11-35-22;/h1-6,8-9,11-12H,7,10,13H2,(H,28,29);1H. The number of aromatic nitrogens is 2. The molecule has 0 bridgehead atoms. The van der Waals surface area contributed by atoms with Crippen molar-refractivity contribution in [1.82, 2.24) is 9.97 Å². The monoisotopic (exact) mass is 536 g/mol. The van der Waals surface area contributed by atoms with Crippen molar-refractivity contribution in [2.45, 2.75) is 17.5 Å². The van der Waals surface area contributed by atoms with Crippen molar-refractivity contribution in [1.29, 1.82) is 0 Å². The van der Waals surface area contributed by atoms with E-state index in [1.54, 1.807) is 11.4 Å². The highest BCUT2D eigenvalue weighted by atomic mass is 32.2. The van der Waals surface area contributed by atoms with Gasteiger partial charge in [0.2, 0.25) is 0 Å². The Hall–Kier alpha value is -3.71. The summed E-state index contributed by atoms with van der Waals surface area (Å²) in [4.78, 5) is 22.2. The van der Waals surface area contributed by atoms with Gasteiger partial charge in [0, 0.05) is 36.8 Å². The number of nitrogens with one attached hydrogen (secondary N) is 1. The molecule has 3 heterocycles. The van der Waals surface area contributed by atoms with Crippen molar-refractivity contribution in [3.05, 3.63) is 71.4 Å². The number of benzene rings is 2. The number of rotatable bonds is 6. The van der Waals surface area contributed by atoms with E-state index in [2.05, 4.69) is 14.7 Å². The molecule has 2 aromatic heterocycles. The first kappa shape index (κ1) is 24.0. The number of hydrogen-bond acceptors (Lipinski definition) is 7. The van der Waals surface area contributed by atoms with Gasteiger partial charge < -0.3 is 9.64 Å². The van der Waals surface area contributed by atoms with E-state index in [-0.39, 0.29) is 28.1 Å². The summed E-state index contributed by atoms with van der Waals surface area (Å²) in [6, 6.07) is 9.50. The summed E-state index contributed by atoms with van der Waals surface area (Å²) in [5.41, 5.74) is 0.0761. The van der Waals surface area contributed by atoms with Crippen LogP contribution in [0.5, 0.6) is 5.75 Å². The molecule has 1 amide bonds. The molecule has 0 unspecified atom stereocenters. The summed E-state index contributed by atoms with van der Waals surface area (Å²) in [6.07, 6.45) is -1.46. The second-order valence-corrected chi connectivity index (χ2v) is 10.4. The fraction of sp³-hybridized carbons (Fsp3) is 0.174. The number of ether oxygens (including phenoxy) is 1. The van der Waals surface area contributed by atoms with Crippen LogP contribution in [-0.4, -0.2) is 37.4 Å². The highest BCUT2D eigenvalue weighted by Gasteiger charge is 2.33. The molecule has 188 valence electrons. The summed E-state index contributed by atoms with van der Waals surface area (Å²) in [6.45, 7) is -0.100. The number of sulfonamides is 1. The number of anilines is 2. The van der Waals surface area contributed by atoms with Crippen LogP contribution in [-0.2, 0) is 27.4 Å². The van der Waals surface area contributed by atoms with Crippen molar-refractivity contribution in [2.24, 2.45) is 0 Å². The molecular formula is C23H19F3N4O4S2. The van der Waals surface area contributed by atoms with Gasteiger partial charge in [-0.05, 0) is 48.4 Å². The van der Waals surface area contributed by atoms with Gasteiger partial charge in [0.25, 0.3) is 15.9 Å². The fourth-order valence-corrected chi connectivity index (χ4v) is 5.81. The predicted molar refractivity (Wildman–Crippen MR) is 130 cm³/mol. The number of alkyl halides is 3. The molecule has 0 spiro atoms. The van der Waals surface area contributed by atoms with E-state index in [0.29, 0.717) is 24.2 Å². The maximum atomic E-state index is 13.3. The Morgan fingerprint density at radius 1 is 1.17 bits per heavy atom. The lowest BCUT2D eigenvalue weighted by molar-refractivity contribution is -0.136. The Morgan fingerprint density at radius 2 is 2.00 bits per heavy atom. The third kappa shape index (κ3) is 4.58. The molecule has 1 N–H and O–H groups in total. The smallest absolute Gasteiger partial charge is 0.418 e. The first-order chi connectivity index (χ1) is 17.1. The minimum absolute atomic E-state index is 0. The number of thiazole rings is 1. The molecule has 2 aromatic carbocycles. The van der Waals surface area contributed by atoms with Crippen LogP contribution in [0.2, 0.25) is 0 Å². The molecular weight excluding hydrogens is 517 g/mol. The number of pyridine rings is 1. The molecule has 1 aliphatic heterocycles. The largest absolute Gasteiger partial charge is 0.483 e. The molecule has 36 heavy (non-hydrogen) atoms. The molecule has 0 saturated heterocycles. The third-order valence-electron chi connectivity index (χ3n) is 5.60. The SMILES string of the molecule is O=C(COc1ccnc2c(C(F)(F)F)cccc12)N1CCc2cc(S(=O)(=O)Nc3nccs3)ccc21.[HH]. The van der Waals surface area contributed by atoms with Crippen LogP contribution in [0, 0.1) is 0 Å². The summed E-state index contributed by atoms with van der Waals surface area (Å²) >= 11 is 1.15. The molecule has 0 fully saturated rings. The van der Waals surface area contributed by atoms with Gasteiger partial charge in [-0.3, -0.25) is 14.5 Å².